The maximum atomic E-state index is 4.82. The SMILES string of the molecule is CCc1nc2c(C)c(C)ccc2n1-c1c[c]ccc1. The number of hydrogen-bond donors (Lipinski definition) is 0. The molecule has 0 aliphatic rings. The Kier molecular flexibility index (Phi) is 2.86. The number of hydrogen-bond acceptors (Lipinski definition) is 1. The Morgan fingerprint density at radius 3 is 2.74 bits per heavy atom. The fourth-order valence-electron chi connectivity index (χ4n) is 2.47. The van der Waals surface area contributed by atoms with Crippen LogP contribution in [0.4, 0.5) is 0 Å². The first-order valence-corrected chi connectivity index (χ1v) is 6.66. The molecule has 0 saturated heterocycles. The molecule has 0 aliphatic carbocycles. The fraction of sp³-hybridized carbons (Fsp3) is 0.235. The van der Waals surface area contributed by atoms with Crippen LogP contribution >= 0.6 is 0 Å². The smallest absolute Gasteiger partial charge is 0.114 e. The van der Waals surface area contributed by atoms with Gasteiger partial charge in [0, 0.05) is 12.1 Å². The molecule has 1 aromatic heterocycles. The molecule has 0 atom stereocenters. The molecule has 3 rings (SSSR count). The lowest BCUT2D eigenvalue weighted by atomic mass is 10.1. The van der Waals surface area contributed by atoms with Crippen LogP contribution in [-0.2, 0) is 6.42 Å². The van der Waals surface area contributed by atoms with E-state index in [-0.39, 0.29) is 0 Å². The summed E-state index contributed by atoms with van der Waals surface area (Å²) in [5.74, 6) is 1.10. The minimum Gasteiger partial charge on any atom is -0.296 e. The number of nitrogens with zero attached hydrogens (tertiary/aromatic N) is 2. The molecule has 95 valence electrons. The molecule has 3 aromatic rings. The Balaban J connectivity index is 2.38. The monoisotopic (exact) mass is 249 g/mol. The van der Waals surface area contributed by atoms with Crippen molar-refractivity contribution >= 4 is 11.0 Å². The average Bonchev–Trinajstić information content (AvgIpc) is 2.83. The highest BCUT2D eigenvalue weighted by molar-refractivity contribution is 5.82. The lowest BCUT2D eigenvalue weighted by Gasteiger charge is -2.08. The Hall–Kier alpha value is -2.09. The third kappa shape index (κ3) is 1.84. The van der Waals surface area contributed by atoms with E-state index in [9.17, 15) is 0 Å². The van der Waals surface area contributed by atoms with Crippen LogP contribution < -0.4 is 0 Å². The molecule has 0 fully saturated rings. The molecule has 19 heavy (non-hydrogen) atoms. The Bertz CT molecular complexity index is 724. The first-order valence-electron chi connectivity index (χ1n) is 6.66. The molecule has 2 aromatic carbocycles. The quantitative estimate of drug-likeness (QED) is 0.671. The first kappa shape index (κ1) is 12.0. The van der Waals surface area contributed by atoms with Crippen LogP contribution in [0.5, 0.6) is 0 Å². The van der Waals surface area contributed by atoms with Crippen molar-refractivity contribution in [3.8, 4) is 5.69 Å². The van der Waals surface area contributed by atoms with E-state index in [2.05, 4.69) is 49.6 Å². The molecular formula is C17H17N2. The van der Waals surface area contributed by atoms with E-state index in [1.54, 1.807) is 0 Å². The normalized spacial score (nSPS) is 11.1. The summed E-state index contributed by atoms with van der Waals surface area (Å²) >= 11 is 0. The van der Waals surface area contributed by atoms with Gasteiger partial charge in [-0.15, -0.1) is 0 Å². The van der Waals surface area contributed by atoms with E-state index in [1.807, 2.05) is 18.2 Å². The zero-order chi connectivity index (χ0) is 13.4. The van der Waals surface area contributed by atoms with E-state index in [4.69, 9.17) is 4.98 Å². The zero-order valence-electron chi connectivity index (χ0n) is 11.6. The van der Waals surface area contributed by atoms with Crippen molar-refractivity contribution in [3.05, 3.63) is 59.4 Å². The molecule has 0 N–H and O–H groups in total. The fourth-order valence-corrected chi connectivity index (χ4v) is 2.47. The third-order valence-corrected chi connectivity index (χ3v) is 3.69. The van der Waals surface area contributed by atoms with Gasteiger partial charge in [-0.1, -0.05) is 25.1 Å². The molecule has 0 spiro atoms. The molecule has 0 amide bonds. The van der Waals surface area contributed by atoms with E-state index in [0.29, 0.717) is 0 Å². The summed E-state index contributed by atoms with van der Waals surface area (Å²) in [6.45, 7) is 6.42. The number of rotatable bonds is 2. The van der Waals surface area contributed by atoms with Crippen LogP contribution in [0.3, 0.4) is 0 Å². The van der Waals surface area contributed by atoms with Crippen LogP contribution in [0, 0.1) is 19.9 Å². The number of aryl methyl sites for hydroxylation is 3. The predicted octanol–water partition coefficient (Wildman–Crippen LogP) is 4.00. The highest BCUT2D eigenvalue weighted by Gasteiger charge is 2.13. The molecule has 1 radical (unpaired) electrons. The lowest BCUT2D eigenvalue weighted by molar-refractivity contribution is 0.908. The molecule has 0 unspecified atom stereocenters. The van der Waals surface area contributed by atoms with Crippen molar-refractivity contribution in [2.45, 2.75) is 27.2 Å². The molecule has 2 nitrogen and oxygen atoms in total. The van der Waals surface area contributed by atoms with Crippen LogP contribution in [0.1, 0.15) is 23.9 Å². The second-order valence-corrected chi connectivity index (χ2v) is 4.85. The van der Waals surface area contributed by atoms with E-state index < -0.39 is 0 Å². The van der Waals surface area contributed by atoms with Gasteiger partial charge in [0.2, 0.25) is 0 Å². The van der Waals surface area contributed by atoms with E-state index in [1.165, 1.54) is 16.6 Å². The average molecular weight is 249 g/mol. The van der Waals surface area contributed by atoms with E-state index >= 15 is 0 Å². The Labute approximate surface area is 113 Å². The van der Waals surface area contributed by atoms with Crippen molar-refractivity contribution in [1.82, 2.24) is 9.55 Å². The van der Waals surface area contributed by atoms with Gasteiger partial charge in [0.05, 0.1) is 11.0 Å². The molecule has 2 heteroatoms. The summed E-state index contributed by atoms with van der Waals surface area (Å²) in [4.78, 5) is 4.82. The van der Waals surface area contributed by atoms with Crippen molar-refractivity contribution < 1.29 is 0 Å². The van der Waals surface area contributed by atoms with Gasteiger partial charge >= 0.3 is 0 Å². The molecule has 1 heterocycles. The van der Waals surface area contributed by atoms with Gasteiger partial charge in [-0.25, -0.2) is 4.98 Å². The van der Waals surface area contributed by atoms with Gasteiger partial charge in [0.25, 0.3) is 0 Å². The maximum absolute atomic E-state index is 4.82. The molecule has 0 aliphatic heterocycles. The number of aromatic nitrogens is 2. The van der Waals surface area contributed by atoms with E-state index in [0.717, 1.165) is 23.4 Å². The van der Waals surface area contributed by atoms with Crippen LogP contribution in [0.15, 0.2) is 36.4 Å². The third-order valence-electron chi connectivity index (χ3n) is 3.69. The Morgan fingerprint density at radius 1 is 1.21 bits per heavy atom. The van der Waals surface area contributed by atoms with Crippen molar-refractivity contribution in [2.24, 2.45) is 0 Å². The van der Waals surface area contributed by atoms with Crippen molar-refractivity contribution in [2.75, 3.05) is 0 Å². The van der Waals surface area contributed by atoms with Crippen LogP contribution in [-0.4, -0.2) is 9.55 Å². The first-order chi connectivity index (χ1) is 9.22. The zero-order valence-corrected chi connectivity index (χ0v) is 11.6. The number of benzene rings is 2. The van der Waals surface area contributed by atoms with Gasteiger partial charge in [0.15, 0.2) is 0 Å². The molecular weight excluding hydrogens is 232 g/mol. The highest BCUT2D eigenvalue weighted by Crippen LogP contribution is 2.25. The lowest BCUT2D eigenvalue weighted by Crippen LogP contribution is -1.99. The van der Waals surface area contributed by atoms with Crippen LogP contribution in [0.25, 0.3) is 16.7 Å². The number of imidazole rings is 1. The van der Waals surface area contributed by atoms with Gasteiger partial charge < -0.3 is 0 Å². The largest absolute Gasteiger partial charge is 0.296 e. The summed E-state index contributed by atoms with van der Waals surface area (Å²) in [6, 6.07) is 15.5. The summed E-state index contributed by atoms with van der Waals surface area (Å²) < 4.78 is 2.23. The minimum atomic E-state index is 0.919. The highest BCUT2D eigenvalue weighted by atomic mass is 15.1. The van der Waals surface area contributed by atoms with Crippen molar-refractivity contribution in [1.29, 1.82) is 0 Å². The minimum absolute atomic E-state index is 0.919. The summed E-state index contributed by atoms with van der Waals surface area (Å²) in [6.07, 6.45) is 0.919. The summed E-state index contributed by atoms with van der Waals surface area (Å²) in [5, 5.41) is 0. The van der Waals surface area contributed by atoms with Gasteiger partial charge in [-0.05, 0) is 49.2 Å². The molecule has 0 bridgehead atoms. The van der Waals surface area contributed by atoms with Crippen molar-refractivity contribution in [3.63, 3.8) is 0 Å². The van der Waals surface area contributed by atoms with Gasteiger partial charge in [-0.2, -0.15) is 0 Å². The maximum Gasteiger partial charge on any atom is 0.114 e. The van der Waals surface area contributed by atoms with Gasteiger partial charge in [-0.3, -0.25) is 4.57 Å². The second-order valence-electron chi connectivity index (χ2n) is 4.85. The van der Waals surface area contributed by atoms with Gasteiger partial charge in [0.1, 0.15) is 5.82 Å². The van der Waals surface area contributed by atoms with Crippen LogP contribution in [0.2, 0.25) is 0 Å². The second kappa shape index (κ2) is 4.54. The molecule has 0 saturated carbocycles. The topological polar surface area (TPSA) is 17.8 Å². The summed E-state index contributed by atoms with van der Waals surface area (Å²) in [7, 11) is 0. The predicted molar refractivity (Wildman–Crippen MR) is 78.8 cm³/mol. The summed E-state index contributed by atoms with van der Waals surface area (Å²) in [5.41, 5.74) is 5.98. The Morgan fingerprint density at radius 2 is 2.05 bits per heavy atom. The standard InChI is InChI=1S/C17H17N2/c1-4-16-18-17-13(3)12(2)10-11-15(17)19(16)14-8-6-5-7-9-14/h5-6,8-11H,4H2,1-3H3. The number of fused-ring (bicyclic) bond motifs is 1.